The molecule has 0 saturated heterocycles. The monoisotopic (exact) mass is 265 g/mol. The van der Waals surface area contributed by atoms with Gasteiger partial charge in [-0.3, -0.25) is 9.59 Å². The number of rotatable bonds is 6. The molecule has 0 bridgehead atoms. The number of carboxylic acid groups (broad SMARTS) is 1. The second-order valence-electron chi connectivity index (χ2n) is 4.32. The minimum absolute atomic E-state index is 0.0702. The second-order valence-corrected chi connectivity index (χ2v) is 4.32. The maximum atomic E-state index is 12.1. The molecule has 0 aromatic heterocycles. The summed E-state index contributed by atoms with van der Waals surface area (Å²) in [6.07, 6.45) is -0.0702. The van der Waals surface area contributed by atoms with Crippen LogP contribution in [0.2, 0.25) is 0 Å². The van der Waals surface area contributed by atoms with E-state index in [0.29, 0.717) is 17.9 Å². The van der Waals surface area contributed by atoms with Crippen LogP contribution in [0.3, 0.4) is 0 Å². The standard InChI is InChI=1S/C14H19NO4/c1-4-19-12-7-5-11(6-8-12)14(18)15(3)10(2)9-13(16)17/h5-8,10H,4,9H2,1-3H3,(H,16,17). The Balaban J connectivity index is 2.73. The van der Waals surface area contributed by atoms with E-state index < -0.39 is 5.97 Å². The van der Waals surface area contributed by atoms with E-state index >= 15 is 0 Å². The maximum absolute atomic E-state index is 12.1. The Morgan fingerprint density at radius 3 is 2.37 bits per heavy atom. The van der Waals surface area contributed by atoms with E-state index in [0.717, 1.165) is 0 Å². The Morgan fingerprint density at radius 1 is 1.32 bits per heavy atom. The van der Waals surface area contributed by atoms with Crippen molar-refractivity contribution in [3.63, 3.8) is 0 Å². The maximum Gasteiger partial charge on any atom is 0.305 e. The molecule has 5 nitrogen and oxygen atoms in total. The lowest BCUT2D eigenvalue weighted by Gasteiger charge is -2.23. The largest absolute Gasteiger partial charge is 0.494 e. The Hall–Kier alpha value is -2.04. The van der Waals surface area contributed by atoms with Gasteiger partial charge in [0.15, 0.2) is 0 Å². The molecule has 1 N–H and O–H groups in total. The highest BCUT2D eigenvalue weighted by molar-refractivity contribution is 5.94. The van der Waals surface area contributed by atoms with Crippen molar-refractivity contribution in [2.75, 3.05) is 13.7 Å². The van der Waals surface area contributed by atoms with Gasteiger partial charge in [-0.25, -0.2) is 0 Å². The zero-order chi connectivity index (χ0) is 14.4. The fraction of sp³-hybridized carbons (Fsp3) is 0.429. The molecule has 0 spiro atoms. The van der Waals surface area contributed by atoms with Crippen molar-refractivity contribution >= 4 is 11.9 Å². The first-order valence-corrected chi connectivity index (χ1v) is 6.17. The van der Waals surface area contributed by atoms with Crippen LogP contribution in [0.15, 0.2) is 24.3 Å². The van der Waals surface area contributed by atoms with E-state index in [1.165, 1.54) is 4.90 Å². The summed E-state index contributed by atoms with van der Waals surface area (Å²) >= 11 is 0. The first kappa shape index (κ1) is 15.0. The highest BCUT2D eigenvalue weighted by Crippen LogP contribution is 2.14. The predicted molar refractivity (Wildman–Crippen MR) is 71.4 cm³/mol. The number of ether oxygens (including phenoxy) is 1. The summed E-state index contributed by atoms with van der Waals surface area (Å²) in [5.41, 5.74) is 0.517. The van der Waals surface area contributed by atoms with Gasteiger partial charge >= 0.3 is 5.97 Å². The van der Waals surface area contributed by atoms with Crippen LogP contribution in [0.4, 0.5) is 0 Å². The number of hydrogen-bond donors (Lipinski definition) is 1. The summed E-state index contributed by atoms with van der Waals surface area (Å²) < 4.78 is 5.30. The highest BCUT2D eigenvalue weighted by Gasteiger charge is 2.19. The Bertz CT molecular complexity index is 441. The SMILES string of the molecule is CCOc1ccc(C(=O)N(C)C(C)CC(=O)O)cc1. The van der Waals surface area contributed by atoms with E-state index in [9.17, 15) is 9.59 Å². The fourth-order valence-corrected chi connectivity index (χ4v) is 1.65. The van der Waals surface area contributed by atoms with Gasteiger partial charge < -0.3 is 14.7 Å². The zero-order valence-corrected chi connectivity index (χ0v) is 11.4. The van der Waals surface area contributed by atoms with Crippen LogP contribution in [-0.2, 0) is 4.79 Å². The third-order valence-electron chi connectivity index (χ3n) is 2.86. The number of carboxylic acids is 1. The van der Waals surface area contributed by atoms with Crippen LogP contribution in [0.25, 0.3) is 0 Å². The topological polar surface area (TPSA) is 66.8 Å². The average molecular weight is 265 g/mol. The Morgan fingerprint density at radius 2 is 1.89 bits per heavy atom. The summed E-state index contributed by atoms with van der Waals surface area (Å²) in [5.74, 6) is -0.407. The van der Waals surface area contributed by atoms with E-state index in [2.05, 4.69) is 0 Å². The molecule has 19 heavy (non-hydrogen) atoms. The number of aliphatic carboxylic acids is 1. The van der Waals surface area contributed by atoms with Gasteiger partial charge in [-0.05, 0) is 38.1 Å². The zero-order valence-electron chi connectivity index (χ0n) is 11.4. The minimum Gasteiger partial charge on any atom is -0.494 e. The summed E-state index contributed by atoms with van der Waals surface area (Å²) in [4.78, 5) is 24.2. The fourth-order valence-electron chi connectivity index (χ4n) is 1.65. The van der Waals surface area contributed by atoms with Crippen LogP contribution in [0.5, 0.6) is 5.75 Å². The third kappa shape index (κ3) is 4.28. The van der Waals surface area contributed by atoms with Gasteiger partial charge in [0.1, 0.15) is 5.75 Å². The molecule has 1 atom stereocenters. The van der Waals surface area contributed by atoms with Gasteiger partial charge in [-0.2, -0.15) is 0 Å². The quantitative estimate of drug-likeness (QED) is 0.854. The van der Waals surface area contributed by atoms with Crippen molar-refractivity contribution in [2.24, 2.45) is 0 Å². The Labute approximate surface area is 112 Å². The van der Waals surface area contributed by atoms with Crippen molar-refractivity contribution in [1.82, 2.24) is 4.90 Å². The van der Waals surface area contributed by atoms with Crippen molar-refractivity contribution in [1.29, 1.82) is 0 Å². The Kier molecular flexibility index (Phi) is 5.36. The summed E-state index contributed by atoms with van der Waals surface area (Å²) in [5, 5.41) is 8.73. The van der Waals surface area contributed by atoms with Gasteiger partial charge in [0.2, 0.25) is 0 Å². The van der Waals surface area contributed by atoms with Crippen molar-refractivity contribution in [3.05, 3.63) is 29.8 Å². The van der Waals surface area contributed by atoms with Gasteiger partial charge in [0, 0.05) is 18.7 Å². The lowest BCUT2D eigenvalue weighted by Crippen LogP contribution is -2.36. The lowest BCUT2D eigenvalue weighted by atomic mass is 10.1. The number of hydrogen-bond acceptors (Lipinski definition) is 3. The van der Waals surface area contributed by atoms with Gasteiger partial charge in [0.25, 0.3) is 5.91 Å². The summed E-state index contributed by atoms with van der Waals surface area (Å²) in [7, 11) is 1.60. The molecule has 1 amide bonds. The van der Waals surface area contributed by atoms with E-state index in [-0.39, 0.29) is 18.4 Å². The first-order chi connectivity index (χ1) is 8.95. The van der Waals surface area contributed by atoms with E-state index in [1.54, 1.807) is 38.2 Å². The van der Waals surface area contributed by atoms with Crippen LogP contribution >= 0.6 is 0 Å². The van der Waals surface area contributed by atoms with Crippen molar-refractivity contribution < 1.29 is 19.4 Å². The molecule has 5 heteroatoms. The van der Waals surface area contributed by atoms with Gasteiger partial charge in [0.05, 0.1) is 13.0 Å². The molecule has 1 aromatic rings. The number of carbonyl (C=O) groups is 2. The molecule has 0 aliphatic carbocycles. The summed E-state index contributed by atoms with van der Waals surface area (Å²) in [6, 6.07) is 6.46. The molecule has 1 aromatic carbocycles. The highest BCUT2D eigenvalue weighted by atomic mass is 16.5. The molecule has 0 saturated carbocycles. The van der Waals surface area contributed by atoms with Gasteiger partial charge in [-0.15, -0.1) is 0 Å². The molecule has 0 aliphatic heterocycles. The average Bonchev–Trinajstić information content (AvgIpc) is 2.37. The van der Waals surface area contributed by atoms with Crippen LogP contribution in [-0.4, -0.2) is 41.6 Å². The molecule has 1 unspecified atom stereocenters. The molecule has 1 rings (SSSR count). The number of carbonyl (C=O) groups excluding carboxylic acids is 1. The molecule has 0 heterocycles. The van der Waals surface area contributed by atoms with Crippen molar-refractivity contribution in [2.45, 2.75) is 26.3 Å². The first-order valence-electron chi connectivity index (χ1n) is 6.17. The third-order valence-corrected chi connectivity index (χ3v) is 2.86. The molecule has 0 fully saturated rings. The smallest absolute Gasteiger partial charge is 0.305 e. The van der Waals surface area contributed by atoms with E-state index in [1.807, 2.05) is 6.92 Å². The summed E-state index contributed by atoms with van der Waals surface area (Å²) in [6.45, 7) is 4.17. The molecular weight excluding hydrogens is 246 g/mol. The number of benzene rings is 1. The molecular formula is C14H19NO4. The number of amides is 1. The predicted octanol–water partition coefficient (Wildman–Crippen LogP) is 2.02. The van der Waals surface area contributed by atoms with Gasteiger partial charge in [-0.1, -0.05) is 0 Å². The lowest BCUT2D eigenvalue weighted by molar-refractivity contribution is -0.137. The molecule has 104 valence electrons. The number of nitrogens with zero attached hydrogens (tertiary/aromatic N) is 1. The van der Waals surface area contributed by atoms with E-state index in [4.69, 9.17) is 9.84 Å². The van der Waals surface area contributed by atoms with Crippen LogP contribution in [0, 0.1) is 0 Å². The minimum atomic E-state index is -0.918. The molecule has 0 aliphatic rings. The normalized spacial score (nSPS) is 11.7. The van der Waals surface area contributed by atoms with Crippen LogP contribution in [0.1, 0.15) is 30.6 Å². The van der Waals surface area contributed by atoms with Crippen molar-refractivity contribution in [3.8, 4) is 5.75 Å². The van der Waals surface area contributed by atoms with Crippen LogP contribution < -0.4 is 4.74 Å². The molecule has 0 radical (unpaired) electrons. The second kappa shape index (κ2) is 6.78.